The van der Waals surface area contributed by atoms with Crippen LogP contribution in [0.2, 0.25) is 0 Å². The van der Waals surface area contributed by atoms with Crippen molar-refractivity contribution >= 4 is 0 Å². The van der Waals surface area contributed by atoms with E-state index in [1.165, 1.54) is 6.26 Å². The predicted octanol–water partition coefficient (Wildman–Crippen LogP) is 3.82. The fourth-order valence-electron chi connectivity index (χ4n) is 1.44. The quantitative estimate of drug-likeness (QED) is 0.350. The highest BCUT2D eigenvalue weighted by Crippen LogP contribution is 2.16. The Labute approximate surface area is 116 Å². The summed E-state index contributed by atoms with van der Waals surface area (Å²) in [5.74, 6) is 0.672. The molecule has 3 heteroatoms. The van der Waals surface area contributed by atoms with Gasteiger partial charge in [-0.05, 0) is 18.6 Å². The molecule has 0 saturated heterocycles. The second-order valence-electron chi connectivity index (χ2n) is 3.94. The summed E-state index contributed by atoms with van der Waals surface area (Å²) in [7, 11) is 0. The standard InChI is InChI=1S/C16H25NO2/c1-5-9-10-12-19-16(11-6-2)14(13-18-8-4)15(17)7-3/h6-8,11H,2-5,9-10,12-13,17H2,1H3/b15-14+,16-11+. The molecule has 0 heterocycles. The van der Waals surface area contributed by atoms with Gasteiger partial charge in [0.15, 0.2) is 0 Å². The minimum atomic E-state index is 0.300. The molecular weight excluding hydrogens is 238 g/mol. The maximum absolute atomic E-state index is 5.91. The van der Waals surface area contributed by atoms with Gasteiger partial charge in [0.05, 0.1) is 18.4 Å². The van der Waals surface area contributed by atoms with E-state index in [-0.39, 0.29) is 0 Å². The van der Waals surface area contributed by atoms with Crippen LogP contribution in [0.25, 0.3) is 0 Å². The van der Waals surface area contributed by atoms with Crippen LogP contribution in [0.4, 0.5) is 0 Å². The minimum absolute atomic E-state index is 0.300. The maximum atomic E-state index is 5.91. The summed E-state index contributed by atoms with van der Waals surface area (Å²) in [6.45, 7) is 14.0. The van der Waals surface area contributed by atoms with Crippen LogP contribution in [0.1, 0.15) is 26.2 Å². The van der Waals surface area contributed by atoms with E-state index in [1.807, 2.05) is 0 Å². The Morgan fingerprint density at radius 3 is 2.47 bits per heavy atom. The highest BCUT2D eigenvalue weighted by molar-refractivity contribution is 5.37. The number of hydrogen-bond acceptors (Lipinski definition) is 3. The fourth-order valence-corrected chi connectivity index (χ4v) is 1.44. The highest BCUT2D eigenvalue weighted by atomic mass is 16.5. The fraction of sp³-hybridized carbons (Fsp3) is 0.375. The Bertz CT molecular complexity index is 354. The number of nitrogens with two attached hydrogens (primary N) is 1. The predicted molar refractivity (Wildman–Crippen MR) is 81.3 cm³/mol. The first kappa shape index (κ1) is 17.1. The van der Waals surface area contributed by atoms with Gasteiger partial charge in [-0.25, -0.2) is 0 Å². The normalized spacial score (nSPS) is 12.4. The van der Waals surface area contributed by atoms with Crippen LogP contribution in [0.5, 0.6) is 0 Å². The molecule has 0 saturated carbocycles. The largest absolute Gasteiger partial charge is 0.497 e. The lowest BCUT2D eigenvalue weighted by atomic mass is 10.1. The van der Waals surface area contributed by atoms with Gasteiger partial charge in [0.2, 0.25) is 0 Å². The van der Waals surface area contributed by atoms with Gasteiger partial charge in [-0.1, -0.05) is 45.6 Å². The lowest BCUT2D eigenvalue weighted by Gasteiger charge is -2.15. The van der Waals surface area contributed by atoms with E-state index in [2.05, 4.69) is 26.7 Å². The van der Waals surface area contributed by atoms with Gasteiger partial charge < -0.3 is 15.2 Å². The Kier molecular flexibility index (Phi) is 10.1. The monoisotopic (exact) mass is 263 g/mol. The number of hydrogen-bond donors (Lipinski definition) is 1. The third-order valence-corrected chi connectivity index (χ3v) is 2.49. The second kappa shape index (κ2) is 11.2. The smallest absolute Gasteiger partial charge is 0.127 e. The van der Waals surface area contributed by atoms with Crippen molar-refractivity contribution in [2.75, 3.05) is 13.2 Å². The van der Waals surface area contributed by atoms with Crippen molar-refractivity contribution in [2.24, 2.45) is 5.73 Å². The molecule has 0 bridgehead atoms. The maximum Gasteiger partial charge on any atom is 0.127 e. The van der Waals surface area contributed by atoms with Crippen molar-refractivity contribution in [1.29, 1.82) is 0 Å². The summed E-state index contributed by atoms with van der Waals surface area (Å²) >= 11 is 0. The van der Waals surface area contributed by atoms with Crippen LogP contribution in [0.3, 0.4) is 0 Å². The molecule has 0 unspecified atom stereocenters. The van der Waals surface area contributed by atoms with E-state index < -0.39 is 0 Å². The van der Waals surface area contributed by atoms with Crippen molar-refractivity contribution in [3.8, 4) is 0 Å². The molecule has 0 aromatic carbocycles. The van der Waals surface area contributed by atoms with Crippen LogP contribution in [0, 0.1) is 0 Å². The number of ether oxygens (including phenoxy) is 2. The zero-order chi connectivity index (χ0) is 14.5. The van der Waals surface area contributed by atoms with E-state index in [0.717, 1.165) is 24.8 Å². The highest BCUT2D eigenvalue weighted by Gasteiger charge is 2.10. The van der Waals surface area contributed by atoms with E-state index in [9.17, 15) is 0 Å². The average molecular weight is 263 g/mol. The number of rotatable bonds is 11. The number of unbranched alkanes of at least 4 members (excludes halogenated alkanes) is 2. The summed E-state index contributed by atoms with van der Waals surface area (Å²) in [5, 5.41) is 0. The van der Waals surface area contributed by atoms with Crippen molar-refractivity contribution in [1.82, 2.24) is 0 Å². The summed E-state index contributed by atoms with van der Waals surface area (Å²) < 4.78 is 11.0. The zero-order valence-electron chi connectivity index (χ0n) is 11.9. The third kappa shape index (κ3) is 7.19. The molecule has 0 aliphatic rings. The van der Waals surface area contributed by atoms with Gasteiger partial charge in [-0.15, -0.1) is 0 Å². The Morgan fingerprint density at radius 2 is 1.95 bits per heavy atom. The Morgan fingerprint density at radius 1 is 1.21 bits per heavy atom. The minimum Gasteiger partial charge on any atom is -0.497 e. The van der Waals surface area contributed by atoms with Gasteiger partial charge in [0, 0.05) is 5.70 Å². The molecule has 0 radical (unpaired) electrons. The van der Waals surface area contributed by atoms with Gasteiger partial charge in [-0.2, -0.15) is 0 Å². The topological polar surface area (TPSA) is 44.5 Å². The molecular formula is C16H25NO2. The summed E-state index contributed by atoms with van der Waals surface area (Å²) in [5.41, 5.74) is 7.20. The molecule has 19 heavy (non-hydrogen) atoms. The van der Waals surface area contributed by atoms with Crippen molar-refractivity contribution in [2.45, 2.75) is 26.2 Å². The molecule has 2 N–H and O–H groups in total. The lowest BCUT2D eigenvalue weighted by Crippen LogP contribution is -2.10. The van der Waals surface area contributed by atoms with Crippen LogP contribution >= 0.6 is 0 Å². The molecule has 0 spiro atoms. The molecule has 106 valence electrons. The molecule has 0 fully saturated rings. The van der Waals surface area contributed by atoms with Gasteiger partial charge in [0.25, 0.3) is 0 Å². The summed E-state index contributed by atoms with van der Waals surface area (Å²) in [4.78, 5) is 0. The van der Waals surface area contributed by atoms with Crippen molar-refractivity contribution in [3.05, 3.63) is 61.3 Å². The third-order valence-electron chi connectivity index (χ3n) is 2.49. The van der Waals surface area contributed by atoms with E-state index in [0.29, 0.717) is 24.7 Å². The lowest BCUT2D eigenvalue weighted by molar-refractivity contribution is 0.199. The van der Waals surface area contributed by atoms with Gasteiger partial charge in [-0.3, -0.25) is 0 Å². The first-order valence-corrected chi connectivity index (χ1v) is 6.50. The molecule has 3 nitrogen and oxygen atoms in total. The van der Waals surface area contributed by atoms with Gasteiger partial charge >= 0.3 is 0 Å². The second-order valence-corrected chi connectivity index (χ2v) is 3.94. The van der Waals surface area contributed by atoms with E-state index in [1.54, 1.807) is 18.2 Å². The van der Waals surface area contributed by atoms with Crippen LogP contribution in [-0.2, 0) is 9.47 Å². The summed E-state index contributed by atoms with van der Waals surface area (Å²) in [6.07, 6.45) is 9.70. The molecule has 0 aromatic rings. The van der Waals surface area contributed by atoms with E-state index >= 15 is 0 Å². The van der Waals surface area contributed by atoms with Crippen LogP contribution in [0.15, 0.2) is 61.3 Å². The molecule has 0 aromatic heterocycles. The van der Waals surface area contributed by atoms with Crippen LogP contribution in [-0.4, -0.2) is 13.2 Å². The molecule has 0 aliphatic heterocycles. The molecule has 0 aliphatic carbocycles. The van der Waals surface area contributed by atoms with E-state index in [4.69, 9.17) is 15.2 Å². The average Bonchev–Trinajstić information content (AvgIpc) is 2.43. The first-order chi connectivity index (χ1) is 9.21. The Balaban J connectivity index is 4.87. The van der Waals surface area contributed by atoms with Crippen LogP contribution < -0.4 is 5.73 Å². The molecule has 0 atom stereocenters. The van der Waals surface area contributed by atoms with Crippen molar-refractivity contribution in [3.63, 3.8) is 0 Å². The molecule has 0 rings (SSSR count). The zero-order valence-corrected chi connectivity index (χ0v) is 11.9. The SMILES string of the molecule is C=C/C=C(OCCCCC)\C(COC=C)=C(\N)C=C. The van der Waals surface area contributed by atoms with Gasteiger partial charge in [0.1, 0.15) is 12.4 Å². The van der Waals surface area contributed by atoms with Crippen molar-refractivity contribution < 1.29 is 9.47 Å². The Hall–Kier alpha value is -1.90. The number of allylic oxidation sites excluding steroid dienone is 3. The first-order valence-electron chi connectivity index (χ1n) is 6.50. The molecule has 0 amide bonds. The summed E-state index contributed by atoms with van der Waals surface area (Å²) in [6, 6.07) is 0.